The van der Waals surface area contributed by atoms with Crippen LogP contribution in [-0.2, 0) is 4.79 Å². The predicted octanol–water partition coefficient (Wildman–Crippen LogP) is 2.92. The molecule has 2 unspecified atom stereocenters. The van der Waals surface area contributed by atoms with Gasteiger partial charge < -0.3 is 15.1 Å². The quantitative estimate of drug-likeness (QED) is 0.747. The van der Waals surface area contributed by atoms with E-state index in [4.69, 9.17) is 0 Å². The van der Waals surface area contributed by atoms with Gasteiger partial charge in [-0.25, -0.2) is 4.98 Å². The molecule has 0 saturated carbocycles. The zero-order valence-corrected chi connectivity index (χ0v) is 16.1. The van der Waals surface area contributed by atoms with Crippen LogP contribution in [0.3, 0.4) is 0 Å². The summed E-state index contributed by atoms with van der Waals surface area (Å²) in [7, 11) is 0. The molecule has 1 aliphatic heterocycles. The molecule has 5 nitrogen and oxygen atoms in total. The maximum atomic E-state index is 12.6. The molecular weight excluding hydrogens is 312 g/mol. The molecule has 0 radical (unpaired) electrons. The van der Waals surface area contributed by atoms with Crippen molar-refractivity contribution >= 4 is 11.7 Å². The third kappa shape index (κ3) is 6.31. The van der Waals surface area contributed by atoms with Crippen molar-refractivity contribution < 1.29 is 4.79 Å². The lowest BCUT2D eigenvalue weighted by atomic mass is 9.96. The Morgan fingerprint density at radius 2 is 2.20 bits per heavy atom. The van der Waals surface area contributed by atoms with E-state index in [2.05, 4.69) is 40.9 Å². The fourth-order valence-electron chi connectivity index (χ4n) is 3.53. The standard InChI is InChI=1S/C20H34N4O/c1-4-23(5-2)14-8-10-17(3)22-20(25)18-11-9-15-24(16-18)19-12-6-7-13-21-19/h6-7,12-13,17-18H,4-5,8-11,14-16H2,1-3H3,(H,22,25). The van der Waals surface area contributed by atoms with E-state index >= 15 is 0 Å². The molecule has 1 saturated heterocycles. The molecule has 2 atom stereocenters. The van der Waals surface area contributed by atoms with Gasteiger partial charge in [-0.1, -0.05) is 19.9 Å². The Balaban J connectivity index is 1.76. The molecule has 1 aromatic heterocycles. The zero-order chi connectivity index (χ0) is 18.1. The summed E-state index contributed by atoms with van der Waals surface area (Å²) in [6.07, 6.45) is 6.01. The average Bonchev–Trinajstić information content (AvgIpc) is 2.66. The maximum absolute atomic E-state index is 12.6. The van der Waals surface area contributed by atoms with Gasteiger partial charge in [0.2, 0.25) is 5.91 Å². The number of amides is 1. The minimum absolute atomic E-state index is 0.0704. The van der Waals surface area contributed by atoms with Crippen LogP contribution in [0.2, 0.25) is 0 Å². The third-order valence-corrected chi connectivity index (χ3v) is 5.16. The predicted molar refractivity (Wildman–Crippen MR) is 104 cm³/mol. The van der Waals surface area contributed by atoms with Gasteiger partial charge in [0.1, 0.15) is 5.82 Å². The number of hydrogen-bond donors (Lipinski definition) is 1. The fourth-order valence-corrected chi connectivity index (χ4v) is 3.53. The van der Waals surface area contributed by atoms with Gasteiger partial charge in [0.15, 0.2) is 0 Å². The van der Waals surface area contributed by atoms with E-state index < -0.39 is 0 Å². The normalized spacial score (nSPS) is 19.0. The molecule has 5 heteroatoms. The summed E-state index contributed by atoms with van der Waals surface area (Å²) in [4.78, 5) is 21.7. The van der Waals surface area contributed by atoms with Gasteiger partial charge in [0.05, 0.1) is 5.92 Å². The minimum atomic E-state index is 0.0704. The van der Waals surface area contributed by atoms with Crippen LogP contribution in [-0.4, -0.2) is 54.6 Å². The summed E-state index contributed by atoms with van der Waals surface area (Å²) in [5.41, 5.74) is 0. The molecule has 0 aliphatic carbocycles. The molecule has 1 N–H and O–H groups in total. The van der Waals surface area contributed by atoms with E-state index in [0.29, 0.717) is 0 Å². The van der Waals surface area contributed by atoms with Gasteiger partial charge in [0.25, 0.3) is 0 Å². The molecule has 1 amide bonds. The fraction of sp³-hybridized carbons (Fsp3) is 0.700. The van der Waals surface area contributed by atoms with Crippen molar-refractivity contribution in [3.05, 3.63) is 24.4 Å². The van der Waals surface area contributed by atoms with Crippen LogP contribution < -0.4 is 10.2 Å². The Bertz CT molecular complexity index is 504. The average molecular weight is 347 g/mol. The lowest BCUT2D eigenvalue weighted by Gasteiger charge is -2.33. The number of pyridine rings is 1. The van der Waals surface area contributed by atoms with Gasteiger partial charge in [-0.3, -0.25) is 4.79 Å². The number of nitrogens with one attached hydrogen (secondary N) is 1. The van der Waals surface area contributed by atoms with Crippen LogP contribution >= 0.6 is 0 Å². The van der Waals surface area contributed by atoms with Crippen LogP contribution in [0.4, 0.5) is 5.82 Å². The van der Waals surface area contributed by atoms with Crippen molar-refractivity contribution in [2.24, 2.45) is 5.92 Å². The number of aromatic nitrogens is 1. The second-order valence-corrected chi connectivity index (χ2v) is 7.05. The molecule has 1 aliphatic rings. The summed E-state index contributed by atoms with van der Waals surface area (Å²) in [5.74, 6) is 1.25. The number of piperidine rings is 1. The van der Waals surface area contributed by atoms with Crippen LogP contribution in [0, 0.1) is 5.92 Å². The highest BCUT2D eigenvalue weighted by molar-refractivity contribution is 5.79. The Morgan fingerprint density at radius 3 is 2.88 bits per heavy atom. The molecule has 0 aromatic carbocycles. The molecule has 2 heterocycles. The van der Waals surface area contributed by atoms with Crippen molar-refractivity contribution in [1.82, 2.24) is 15.2 Å². The van der Waals surface area contributed by atoms with Crippen LogP contribution in [0.5, 0.6) is 0 Å². The Morgan fingerprint density at radius 1 is 1.40 bits per heavy atom. The van der Waals surface area contributed by atoms with Gasteiger partial charge in [-0.05, 0) is 64.4 Å². The number of carbonyl (C=O) groups is 1. The molecule has 0 bridgehead atoms. The number of carbonyl (C=O) groups excluding carboxylic acids is 1. The van der Waals surface area contributed by atoms with Crippen LogP contribution in [0.25, 0.3) is 0 Å². The van der Waals surface area contributed by atoms with Crippen molar-refractivity contribution in [1.29, 1.82) is 0 Å². The summed E-state index contributed by atoms with van der Waals surface area (Å²) in [5, 5.41) is 3.23. The summed E-state index contributed by atoms with van der Waals surface area (Å²) >= 11 is 0. The lowest BCUT2D eigenvalue weighted by molar-refractivity contribution is -0.125. The Labute approximate surface area is 152 Å². The van der Waals surface area contributed by atoms with Gasteiger partial charge in [0, 0.05) is 25.3 Å². The third-order valence-electron chi connectivity index (χ3n) is 5.16. The smallest absolute Gasteiger partial charge is 0.225 e. The minimum Gasteiger partial charge on any atom is -0.356 e. The summed E-state index contributed by atoms with van der Waals surface area (Å²) < 4.78 is 0. The molecule has 2 rings (SSSR count). The van der Waals surface area contributed by atoms with Crippen LogP contribution in [0.15, 0.2) is 24.4 Å². The van der Waals surface area contributed by atoms with Crippen molar-refractivity contribution in [3.63, 3.8) is 0 Å². The maximum Gasteiger partial charge on any atom is 0.225 e. The first-order valence-corrected chi connectivity index (χ1v) is 9.82. The molecule has 1 fully saturated rings. The molecule has 1 aromatic rings. The topological polar surface area (TPSA) is 48.5 Å². The Kier molecular flexibility index (Phi) is 8.19. The number of hydrogen-bond acceptors (Lipinski definition) is 4. The van der Waals surface area contributed by atoms with Gasteiger partial charge in [-0.15, -0.1) is 0 Å². The van der Waals surface area contributed by atoms with E-state index in [-0.39, 0.29) is 17.9 Å². The van der Waals surface area contributed by atoms with Gasteiger partial charge >= 0.3 is 0 Å². The Hall–Kier alpha value is -1.62. The van der Waals surface area contributed by atoms with Crippen LogP contribution in [0.1, 0.15) is 46.5 Å². The molecule has 25 heavy (non-hydrogen) atoms. The number of rotatable bonds is 9. The highest BCUT2D eigenvalue weighted by Crippen LogP contribution is 2.21. The summed E-state index contributed by atoms with van der Waals surface area (Å²) in [6, 6.07) is 6.20. The van der Waals surface area contributed by atoms with E-state index in [1.165, 1.54) is 0 Å². The highest BCUT2D eigenvalue weighted by Gasteiger charge is 2.27. The second-order valence-electron chi connectivity index (χ2n) is 7.05. The van der Waals surface area contributed by atoms with Crippen molar-refractivity contribution in [2.45, 2.75) is 52.5 Å². The molecule has 0 spiro atoms. The first kappa shape index (κ1) is 19.7. The molecule has 140 valence electrons. The van der Waals surface area contributed by atoms with E-state index in [1.54, 1.807) is 0 Å². The zero-order valence-electron chi connectivity index (χ0n) is 16.1. The first-order valence-electron chi connectivity index (χ1n) is 9.82. The highest BCUT2D eigenvalue weighted by atomic mass is 16.2. The largest absolute Gasteiger partial charge is 0.356 e. The number of anilines is 1. The van der Waals surface area contributed by atoms with E-state index in [9.17, 15) is 4.79 Å². The molecular formula is C20H34N4O. The van der Waals surface area contributed by atoms with E-state index in [1.807, 2.05) is 24.4 Å². The van der Waals surface area contributed by atoms with Crippen molar-refractivity contribution in [2.75, 3.05) is 37.6 Å². The first-order chi connectivity index (χ1) is 12.1. The SMILES string of the molecule is CCN(CC)CCCC(C)NC(=O)C1CCCN(c2ccccn2)C1. The number of nitrogens with zero attached hydrogens (tertiary/aromatic N) is 3. The second kappa shape index (κ2) is 10.4. The lowest BCUT2D eigenvalue weighted by Crippen LogP contribution is -2.45. The monoisotopic (exact) mass is 346 g/mol. The summed E-state index contributed by atoms with van der Waals surface area (Å²) in [6.45, 7) is 11.6. The van der Waals surface area contributed by atoms with Crippen molar-refractivity contribution in [3.8, 4) is 0 Å². The van der Waals surface area contributed by atoms with E-state index in [0.717, 1.165) is 64.2 Å². The van der Waals surface area contributed by atoms with Gasteiger partial charge in [-0.2, -0.15) is 0 Å².